The van der Waals surface area contributed by atoms with E-state index in [1.165, 1.54) is 5.56 Å². The molecule has 3 N–H and O–H groups in total. The summed E-state index contributed by atoms with van der Waals surface area (Å²) in [5.41, 5.74) is 1.22. The van der Waals surface area contributed by atoms with Gasteiger partial charge in [0.2, 0.25) is 0 Å². The van der Waals surface area contributed by atoms with E-state index in [2.05, 4.69) is 32.2 Å². The first kappa shape index (κ1) is 15.0. The lowest BCUT2D eigenvalue weighted by Crippen LogP contribution is -2.90. The smallest absolute Gasteiger partial charge is 0.137 e. The normalized spacial score (nSPS) is 12.7. The van der Waals surface area contributed by atoms with Crippen LogP contribution in [0.15, 0.2) is 24.3 Å². The van der Waals surface area contributed by atoms with Crippen LogP contribution in [-0.4, -0.2) is 30.4 Å². The van der Waals surface area contributed by atoms with Gasteiger partial charge in [0.25, 0.3) is 0 Å². The Kier molecular flexibility index (Phi) is 6.76. The molecule has 3 nitrogen and oxygen atoms in total. The number of para-hydroxylation sites is 1. The predicted molar refractivity (Wildman–Crippen MR) is 73.9 cm³/mol. The van der Waals surface area contributed by atoms with Crippen molar-refractivity contribution in [2.75, 3.05) is 13.2 Å². The van der Waals surface area contributed by atoms with Gasteiger partial charge in [0.1, 0.15) is 25.0 Å². The molecule has 0 fully saturated rings. The number of aryl methyl sites for hydroxylation is 1. The van der Waals surface area contributed by atoms with Gasteiger partial charge in [0.05, 0.1) is 6.04 Å². The lowest BCUT2D eigenvalue weighted by atomic mass is 10.1. The van der Waals surface area contributed by atoms with Crippen molar-refractivity contribution >= 4 is 0 Å². The maximum Gasteiger partial charge on any atom is 0.137 e. The van der Waals surface area contributed by atoms with E-state index in [4.69, 9.17) is 4.74 Å². The quantitative estimate of drug-likeness (QED) is 0.733. The highest BCUT2D eigenvalue weighted by Crippen LogP contribution is 2.19. The van der Waals surface area contributed by atoms with Crippen LogP contribution < -0.4 is 10.1 Å². The summed E-state index contributed by atoms with van der Waals surface area (Å²) >= 11 is 0. The van der Waals surface area contributed by atoms with Gasteiger partial charge >= 0.3 is 0 Å². The van der Waals surface area contributed by atoms with E-state index in [1.807, 2.05) is 18.2 Å². The zero-order valence-corrected chi connectivity index (χ0v) is 11.7. The van der Waals surface area contributed by atoms with Crippen molar-refractivity contribution in [3.05, 3.63) is 29.8 Å². The topological polar surface area (TPSA) is 46.1 Å². The predicted octanol–water partition coefficient (Wildman–Crippen LogP) is 1.35. The van der Waals surface area contributed by atoms with Crippen molar-refractivity contribution in [2.24, 2.45) is 0 Å². The van der Waals surface area contributed by atoms with Crippen molar-refractivity contribution in [1.29, 1.82) is 0 Å². The highest BCUT2D eigenvalue weighted by Gasteiger charge is 2.10. The average Bonchev–Trinajstić information content (AvgIpc) is 2.35. The fraction of sp³-hybridized carbons (Fsp3) is 0.600. The standard InChI is InChI=1S/C15H25NO2/c1-4-7-13-8-5-6-9-15(13)18-11-14(17)10-16-12(2)3/h5-6,8-9,12,14,16-17H,4,7,10-11H2,1-3H3/p+1. The second-order valence-electron chi connectivity index (χ2n) is 5.04. The molecule has 102 valence electrons. The Labute approximate surface area is 110 Å². The van der Waals surface area contributed by atoms with Gasteiger partial charge in [-0.15, -0.1) is 0 Å². The molecule has 0 aliphatic heterocycles. The van der Waals surface area contributed by atoms with E-state index in [9.17, 15) is 5.11 Å². The Morgan fingerprint density at radius 3 is 2.67 bits per heavy atom. The van der Waals surface area contributed by atoms with E-state index in [0.717, 1.165) is 18.6 Å². The van der Waals surface area contributed by atoms with E-state index in [1.54, 1.807) is 0 Å². The molecular weight excluding hydrogens is 226 g/mol. The van der Waals surface area contributed by atoms with E-state index in [-0.39, 0.29) is 0 Å². The third-order valence-electron chi connectivity index (χ3n) is 2.80. The molecule has 1 unspecified atom stereocenters. The summed E-state index contributed by atoms with van der Waals surface area (Å²) in [7, 11) is 0. The molecule has 0 aliphatic rings. The van der Waals surface area contributed by atoms with Crippen LogP contribution in [0.1, 0.15) is 32.8 Å². The molecule has 1 aromatic rings. The first-order chi connectivity index (χ1) is 8.63. The van der Waals surface area contributed by atoms with Crippen LogP contribution in [-0.2, 0) is 6.42 Å². The highest BCUT2D eigenvalue weighted by atomic mass is 16.5. The number of aliphatic hydroxyl groups excluding tert-OH is 1. The van der Waals surface area contributed by atoms with Crippen molar-refractivity contribution in [1.82, 2.24) is 0 Å². The van der Waals surface area contributed by atoms with Crippen LogP contribution >= 0.6 is 0 Å². The zero-order valence-electron chi connectivity index (χ0n) is 11.7. The van der Waals surface area contributed by atoms with Gasteiger partial charge in [-0.3, -0.25) is 0 Å². The SMILES string of the molecule is CCCc1ccccc1OCC(O)C[NH2+]C(C)C. The Morgan fingerprint density at radius 2 is 2.00 bits per heavy atom. The number of benzene rings is 1. The minimum absolute atomic E-state index is 0.365. The number of hydrogen-bond acceptors (Lipinski definition) is 2. The van der Waals surface area contributed by atoms with E-state index in [0.29, 0.717) is 19.2 Å². The minimum Gasteiger partial charge on any atom is -0.490 e. The summed E-state index contributed by atoms with van der Waals surface area (Å²) in [5, 5.41) is 11.9. The lowest BCUT2D eigenvalue weighted by molar-refractivity contribution is -0.688. The summed E-state index contributed by atoms with van der Waals surface area (Å²) in [6.07, 6.45) is 1.70. The molecule has 3 heteroatoms. The molecular formula is C15H26NO2+. The van der Waals surface area contributed by atoms with Crippen LogP contribution in [0, 0.1) is 0 Å². The Morgan fingerprint density at radius 1 is 1.28 bits per heavy atom. The average molecular weight is 252 g/mol. The number of nitrogens with two attached hydrogens (primary N) is 1. The third-order valence-corrected chi connectivity index (χ3v) is 2.80. The third kappa shape index (κ3) is 5.52. The fourth-order valence-electron chi connectivity index (χ4n) is 1.80. The molecule has 18 heavy (non-hydrogen) atoms. The number of quaternary nitrogens is 1. The van der Waals surface area contributed by atoms with Crippen LogP contribution in [0.25, 0.3) is 0 Å². The van der Waals surface area contributed by atoms with Crippen molar-refractivity contribution in [3.63, 3.8) is 0 Å². The van der Waals surface area contributed by atoms with Crippen molar-refractivity contribution in [2.45, 2.75) is 45.8 Å². The van der Waals surface area contributed by atoms with Crippen molar-refractivity contribution < 1.29 is 15.2 Å². The van der Waals surface area contributed by atoms with Gasteiger partial charge in [-0.1, -0.05) is 31.5 Å². The maximum absolute atomic E-state index is 9.82. The summed E-state index contributed by atoms with van der Waals surface area (Å²) in [5.74, 6) is 0.906. The van der Waals surface area contributed by atoms with Crippen molar-refractivity contribution in [3.8, 4) is 5.75 Å². The Balaban J connectivity index is 2.42. The molecule has 0 aromatic heterocycles. The van der Waals surface area contributed by atoms with Gasteiger partial charge in [-0.2, -0.15) is 0 Å². The van der Waals surface area contributed by atoms with E-state index < -0.39 is 6.10 Å². The summed E-state index contributed by atoms with van der Waals surface area (Å²) in [6, 6.07) is 8.57. The first-order valence-corrected chi connectivity index (χ1v) is 6.85. The number of hydrogen-bond donors (Lipinski definition) is 2. The molecule has 0 saturated carbocycles. The number of aliphatic hydroxyl groups is 1. The van der Waals surface area contributed by atoms with Gasteiger partial charge < -0.3 is 15.2 Å². The van der Waals surface area contributed by atoms with Crippen LogP contribution in [0.3, 0.4) is 0 Å². The van der Waals surface area contributed by atoms with E-state index >= 15 is 0 Å². The molecule has 0 radical (unpaired) electrons. The number of rotatable bonds is 8. The van der Waals surface area contributed by atoms with Gasteiger partial charge in [-0.05, 0) is 31.9 Å². The van der Waals surface area contributed by atoms with Gasteiger partial charge in [0.15, 0.2) is 0 Å². The first-order valence-electron chi connectivity index (χ1n) is 6.85. The van der Waals surface area contributed by atoms with Crippen LogP contribution in [0.4, 0.5) is 0 Å². The second-order valence-corrected chi connectivity index (χ2v) is 5.04. The van der Waals surface area contributed by atoms with Crippen LogP contribution in [0.2, 0.25) is 0 Å². The molecule has 1 atom stereocenters. The summed E-state index contributed by atoms with van der Waals surface area (Å²) in [6.45, 7) is 7.44. The molecule has 0 aliphatic carbocycles. The summed E-state index contributed by atoms with van der Waals surface area (Å²) < 4.78 is 5.71. The molecule has 0 amide bonds. The fourth-order valence-corrected chi connectivity index (χ4v) is 1.80. The molecule has 0 spiro atoms. The zero-order chi connectivity index (χ0) is 13.4. The summed E-state index contributed by atoms with van der Waals surface area (Å²) in [4.78, 5) is 0. The minimum atomic E-state index is -0.415. The van der Waals surface area contributed by atoms with Crippen LogP contribution in [0.5, 0.6) is 5.75 Å². The molecule has 1 aromatic carbocycles. The van der Waals surface area contributed by atoms with Gasteiger partial charge in [-0.25, -0.2) is 0 Å². The molecule has 0 saturated heterocycles. The monoisotopic (exact) mass is 252 g/mol. The lowest BCUT2D eigenvalue weighted by Gasteiger charge is -2.15. The van der Waals surface area contributed by atoms with Gasteiger partial charge in [0, 0.05) is 0 Å². The molecule has 0 heterocycles. The second kappa shape index (κ2) is 8.11. The molecule has 0 bridgehead atoms. The largest absolute Gasteiger partial charge is 0.490 e. The number of ether oxygens (including phenoxy) is 1. The molecule has 1 rings (SSSR count). The Bertz CT molecular complexity index is 339. The maximum atomic E-state index is 9.82. The highest BCUT2D eigenvalue weighted by molar-refractivity contribution is 5.33. The Hall–Kier alpha value is -1.06.